The summed E-state index contributed by atoms with van der Waals surface area (Å²) < 4.78 is 0. The molecule has 120 valence electrons. The summed E-state index contributed by atoms with van der Waals surface area (Å²) in [5, 5.41) is 2.89. The van der Waals surface area contributed by atoms with E-state index in [1.165, 1.54) is 0 Å². The zero-order valence-corrected chi connectivity index (χ0v) is 13.2. The highest BCUT2D eigenvalue weighted by molar-refractivity contribution is 5.84. The maximum absolute atomic E-state index is 12.2. The molecule has 23 heavy (non-hydrogen) atoms. The Bertz CT molecular complexity index is 641. The molecule has 4 heteroatoms. The summed E-state index contributed by atoms with van der Waals surface area (Å²) in [6.07, 6.45) is 0.493. The van der Waals surface area contributed by atoms with Crippen LogP contribution in [0.2, 0.25) is 0 Å². The van der Waals surface area contributed by atoms with Gasteiger partial charge in [-0.25, -0.2) is 0 Å². The molecule has 2 aromatic carbocycles. The molecule has 0 saturated carbocycles. The Morgan fingerprint density at radius 3 is 2.00 bits per heavy atom. The highest BCUT2D eigenvalue weighted by Gasteiger charge is 2.19. The highest BCUT2D eigenvalue weighted by Crippen LogP contribution is 2.19. The number of carbonyl (C=O) groups excluding carboxylic acids is 2. The van der Waals surface area contributed by atoms with E-state index in [1.54, 1.807) is 0 Å². The summed E-state index contributed by atoms with van der Waals surface area (Å²) in [4.78, 5) is 23.8. The van der Waals surface area contributed by atoms with Gasteiger partial charge < -0.3 is 11.1 Å². The van der Waals surface area contributed by atoms with Gasteiger partial charge in [0, 0.05) is 6.54 Å². The Kier molecular flexibility index (Phi) is 5.92. The predicted octanol–water partition coefficient (Wildman–Crippen LogP) is 2.57. The Hall–Kier alpha value is -2.62. The van der Waals surface area contributed by atoms with E-state index in [4.69, 9.17) is 5.73 Å². The van der Waals surface area contributed by atoms with Crippen LogP contribution in [0.25, 0.3) is 0 Å². The smallest absolute Gasteiger partial charge is 0.227 e. The van der Waals surface area contributed by atoms with Gasteiger partial charge in [0.25, 0.3) is 0 Å². The van der Waals surface area contributed by atoms with Crippen molar-refractivity contribution in [2.75, 3.05) is 6.54 Å². The van der Waals surface area contributed by atoms with E-state index in [0.717, 1.165) is 11.1 Å². The van der Waals surface area contributed by atoms with Crippen LogP contribution in [0, 0.1) is 0 Å². The fraction of sp³-hybridized carbons (Fsp3) is 0.263. The van der Waals surface area contributed by atoms with Crippen molar-refractivity contribution >= 4 is 11.8 Å². The van der Waals surface area contributed by atoms with Crippen molar-refractivity contribution < 1.29 is 9.59 Å². The van der Waals surface area contributed by atoms with Crippen LogP contribution in [-0.4, -0.2) is 18.4 Å². The topological polar surface area (TPSA) is 72.2 Å². The van der Waals surface area contributed by atoms with Crippen LogP contribution in [0.5, 0.6) is 0 Å². The van der Waals surface area contributed by atoms with Gasteiger partial charge in [0.05, 0.1) is 11.8 Å². The molecule has 0 aliphatic carbocycles. The molecule has 4 nitrogen and oxygen atoms in total. The number of carbonyl (C=O) groups is 2. The van der Waals surface area contributed by atoms with Gasteiger partial charge in [-0.3, -0.25) is 9.59 Å². The average Bonchev–Trinajstić information content (AvgIpc) is 2.59. The first-order valence-electron chi connectivity index (χ1n) is 7.76. The SMILES string of the molecule is CC(C(=O)NCCC(C(N)=O)c1ccccc1)c1ccccc1. The van der Waals surface area contributed by atoms with Crippen molar-refractivity contribution in [2.45, 2.75) is 25.2 Å². The second-order valence-corrected chi connectivity index (χ2v) is 5.58. The van der Waals surface area contributed by atoms with Gasteiger partial charge in [0.2, 0.25) is 11.8 Å². The maximum Gasteiger partial charge on any atom is 0.227 e. The third-order valence-corrected chi connectivity index (χ3v) is 3.97. The maximum atomic E-state index is 12.2. The van der Waals surface area contributed by atoms with Gasteiger partial charge in [0.15, 0.2) is 0 Å². The number of nitrogens with two attached hydrogens (primary N) is 1. The number of hydrogen-bond donors (Lipinski definition) is 2. The van der Waals surface area contributed by atoms with E-state index in [1.807, 2.05) is 67.6 Å². The van der Waals surface area contributed by atoms with Crippen LogP contribution in [0.1, 0.15) is 36.3 Å². The van der Waals surface area contributed by atoms with Crippen molar-refractivity contribution in [3.63, 3.8) is 0 Å². The molecule has 0 saturated heterocycles. The number of benzene rings is 2. The summed E-state index contributed by atoms with van der Waals surface area (Å²) in [5.41, 5.74) is 7.34. The van der Waals surface area contributed by atoms with Crippen LogP contribution in [0.3, 0.4) is 0 Å². The summed E-state index contributed by atoms with van der Waals surface area (Å²) >= 11 is 0. The van der Waals surface area contributed by atoms with Crippen molar-refractivity contribution in [1.29, 1.82) is 0 Å². The third-order valence-electron chi connectivity index (χ3n) is 3.97. The monoisotopic (exact) mass is 310 g/mol. The number of primary amides is 1. The van der Waals surface area contributed by atoms with E-state index in [2.05, 4.69) is 5.32 Å². The van der Waals surface area contributed by atoms with Crippen LogP contribution in [0.4, 0.5) is 0 Å². The zero-order valence-electron chi connectivity index (χ0n) is 13.2. The Morgan fingerprint density at radius 1 is 0.957 bits per heavy atom. The summed E-state index contributed by atoms with van der Waals surface area (Å²) in [7, 11) is 0. The molecular formula is C19H22N2O2. The van der Waals surface area contributed by atoms with Crippen molar-refractivity contribution in [2.24, 2.45) is 5.73 Å². The molecule has 2 aromatic rings. The number of amides is 2. The Labute approximate surface area is 136 Å². The van der Waals surface area contributed by atoms with E-state index >= 15 is 0 Å². The van der Waals surface area contributed by atoms with Gasteiger partial charge in [0.1, 0.15) is 0 Å². The lowest BCUT2D eigenvalue weighted by Crippen LogP contribution is -2.31. The lowest BCUT2D eigenvalue weighted by molar-refractivity contribution is -0.123. The van der Waals surface area contributed by atoms with E-state index in [0.29, 0.717) is 13.0 Å². The van der Waals surface area contributed by atoms with Gasteiger partial charge in [-0.15, -0.1) is 0 Å². The first kappa shape index (κ1) is 16.7. The van der Waals surface area contributed by atoms with Crippen molar-refractivity contribution in [1.82, 2.24) is 5.32 Å². The standard InChI is InChI=1S/C19H22N2O2/c1-14(15-8-4-2-5-9-15)19(23)21-13-12-17(18(20)22)16-10-6-3-7-11-16/h2-11,14,17H,12-13H2,1H3,(H2,20,22)(H,21,23). The second kappa shape index (κ2) is 8.13. The first-order chi connectivity index (χ1) is 11.1. The van der Waals surface area contributed by atoms with Crippen molar-refractivity contribution in [3.05, 3.63) is 71.8 Å². The molecule has 0 bridgehead atoms. The largest absolute Gasteiger partial charge is 0.369 e. The Morgan fingerprint density at radius 2 is 1.48 bits per heavy atom. The van der Waals surface area contributed by atoms with Gasteiger partial charge in [-0.2, -0.15) is 0 Å². The highest BCUT2D eigenvalue weighted by atomic mass is 16.2. The molecule has 2 amide bonds. The molecule has 0 spiro atoms. The van der Waals surface area contributed by atoms with Crippen molar-refractivity contribution in [3.8, 4) is 0 Å². The first-order valence-corrected chi connectivity index (χ1v) is 7.76. The molecule has 3 N–H and O–H groups in total. The average molecular weight is 310 g/mol. The molecule has 0 aromatic heterocycles. The minimum absolute atomic E-state index is 0.0486. The fourth-order valence-electron chi connectivity index (χ4n) is 2.54. The van der Waals surface area contributed by atoms with Gasteiger partial charge in [-0.1, -0.05) is 60.7 Å². The van der Waals surface area contributed by atoms with E-state index < -0.39 is 0 Å². The molecule has 0 aliphatic heterocycles. The lowest BCUT2D eigenvalue weighted by atomic mass is 9.95. The van der Waals surface area contributed by atoms with E-state index in [-0.39, 0.29) is 23.7 Å². The molecule has 2 unspecified atom stereocenters. The number of rotatable bonds is 7. The quantitative estimate of drug-likeness (QED) is 0.825. The number of nitrogens with one attached hydrogen (secondary N) is 1. The van der Waals surface area contributed by atoms with E-state index in [9.17, 15) is 9.59 Å². The molecule has 2 atom stereocenters. The van der Waals surface area contributed by atoms with Crippen LogP contribution in [-0.2, 0) is 9.59 Å². The second-order valence-electron chi connectivity index (χ2n) is 5.58. The Balaban J connectivity index is 1.90. The van der Waals surface area contributed by atoms with Gasteiger partial charge in [-0.05, 0) is 24.5 Å². The summed E-state index contributed by atoms with van der Waals surface area (Å²) in [5.74, 6) is -1.03. The molecule has 0 fully saturated rings. The third kappa shape index (κ3) is 4.68. The van der Waals surface area contributed by atoms with Crippen LogP contribution in [0.15, 0.2) is 60.7 Å². The summed E-state index contributed by atoms with van der Waals surface area (Å²) in [6.45, 7) is 2.28. The minimum atomic E-state index is -0.386. The molecule has 2 rings (SSSR count). The molecule has 0 radical (unpaired) electrons. The fourth-order valence-corrected chi connectivity index (χ4v) is 2.54. The summed E-state index contributed by atoms with van der Waals surface area (Å²) in [6, 6.07) is 19.0. The molecule has 0 aliphatic rings. The van der Waals surface area contributed by atoms with Crippen LogP contribution >= 0.6 is 0 Å². The normalized spacial score (nSPS) is 13.1. The minimum Gasteiger partial charge on any atom is -0.369 e. The lowest BCUT2D eigenvalue weighted by Gasteiger charge is -2.16. The van der Waals surface area contributed by atoms with Crippen LogP contribution < -0.4 is 11.1 Å². The molecule has 0 heterocycles. The predicted molar refractivity (Wildman–Crippen MR) is 90.9 cm³/mol. The van der Waals surface area contributed by atoms with Gasteiger partial charge >= 0.3 is 0 Å². The zero-order chi connectivity index (χ0) is 16.7. The molecular weight excluding hydrogens is 288 g/mol. The number of hydrogen-bond acceptors (Lipinski definition) is 2.